The first-order valence-corrected chi connectivity index (χ1v) is 6.58. The number of hydrogen-bond acceptors (Lipinski definition) is 1. The molecule has 1 atom stereocenters. The van der Waals surface area contributed by atoms with Gasteiger partial charge in [-0.05, 0) is 36.5 Å². The maximum absolute atomic E-state index is 6.20. The van der Waals surface area contributed by atoms with E-state index in [0.717, 1.165) is 23.5 Å². The van der Waals surface area contributed by atoms with Gasteiger partial charge in [0.2, 0.25) is 0 Å². The van der Waals surface area contributed by atoms with Crippen molar-refractivity contribution in [2.24, 2.45) is 5.92 Å². The van der Waals surface area contributed by atoms with E-state index in [2.05, 4.69) is 45.5 Å². The third-order valence-corrected chi connectivity index (χ3v) is 3.75. The molecular weight excluding hydrogens is 273 g/mol. The minimum Gasteiger partial charge on any atom is -0.311 e. The van der Waals surface area contributed by atoms with E-state index < -0.39 is 0 Å². The number of hydrogen-bond donors (Lipinski definition) is 1. The van der Waals surface area contributed by atoms with Crippen LogP contribution in [0.3, 0.4) is 0 Å². The Labute approximate surface area is 104 Å². The Morgan fingerprint density at radius 1 is 1.33 bits per heavy atom. The Kier molecular flexibility index (Phi) is 4.06. The van der Waals surface area contributed by atoms with Crippen LogP contribution in [0.2, 0.25) is 0 Å². The summed E-state index contributed by atoms with van der Waals surface area (Å²) in [5.41, 5.74) is 1.30. The highest BCUT2D eigenvalue weighted by molar-refractivity contribution is 9.10. The molecule has 0 radical (unpaired) electrons. The van der Waals surface area contributed by atoms with Crippen LogP contribution in [-0.2, 0) is 6.54 Å². The average Bonchev–Trinajstić information content (AvgIpc) is 3.04. The second kappa shape index (κ2) is 5.33. The van der Waals surface area contributed by atoms with Crippen LogP contribution in [0.15, 0.2) is 28.7 Å². The van der Waals surface area contributed by atoms with E-state index in [1.54, 1.807) is 0 Å². The molecule has 1 aromatic carbocycles. The molecule has 1 unspecified atom stereocenters. The highest BCUT2D eigenvalue weighted by atomic mass is 79.9. The standard InChI is InChI=1S/C12H15BrClN/c13-11-5-1-9(2-6-11)7-15-8-12(14)10-3-4-10/h1-2,5-6,10,12,15H,3-4,7-8H2. The summed E-state index contributed by atoms with van der Waals surface area (Å²) in [4.78, 5) is 0. The van der Waals surface area contributed by atoms with Gasteiger partial charge in [0, 0.05) is 22.9 Å². The van der Waals surface area contributed by atoms with E-state index in [-0.39, 0.29) is 0 Å². The van der Waals surface area contributed by atoms with Crippen LogP contribution in [0.4, 0.5) is 0 Å². The molecule has 0 bridgehead atoms. The highest BCUT2D eigenvalue weighted by Gasteiger charge is 2.28. The first kappa shape index (κ1) is 11.4. The first-order valence-electron chi connectivity index (χ1n) is 5.35. The van der Waals surface area contributed by atoms with Gasteiger partial charge in [0.05, 0.1) is 0 Å². The molecule has 1 aliphatic carbocycles. The van der Waals surface area contributed by atoms with E-state index >= 15 is 0 Å². The number of halogens is 2. The molecule has 82 valence electrons. The SMILES string of the molecule is ClC(CNCc1ccc(Br)cc1)C1CC1. The monoisotopic (exact) mass is 287 g/mol. The van der Waals surface area contributed by atoms with Crippen LogP contribution in [0, 0.1) is 5.92 Å². The molecule has 1 fully saturated rings. The van der Waals surface area contributed by atoms with Crippen LogP contribution >= 0.6 is 27.5 Å². The van der Waals surface area contributed by atoms with E-state index in [1.165, 1.54) is 18.4 Å². The second-order valence-corrected chi connectivity index (χ2v) is 5.59. The molecule has 0 saturated heterocycles. The summed E-state index contributed by atoms with van der Waals surface area (Å²) in [6.07, 6.45) is 2.63. The van der Waals surface area contributed by atoms with Crippen LogP contribution < -0.4 is 5.32 Å². The van der Waals surface area contributed by atoms with E-state index in [4.69, 9.17) is 11.6 Å². The molecular formula is C12H15BrClN. The van der Waals surface area contributed by atoms with Gasteiger partial charge in [-0.3, -0.25) is 0 Å². The lowest BCUT2D eigenvalue weighted by Crippen LogP contribution is -2.24. The van der Waals surface area contributed by atoms with Crippen molar-refractivity contribution in [1.29, 1.82) is 0 Å². The molecule has 2 rings (SSSR count). The van der Waals surface area contributed by atoms with Gasteiger partial charge in [0.25, 0.3) is 0 Å². The molecule has 0 aliphatic heterocycles. The fourth-order valence-corrected chi connectivity index (χ4v) is 2.21. The summed E-state index contributed by atoms with van der Waals surface area (Å²) < 4.78 is 1.12. The molecule has 1 aromatic rings. The third-order valence-electron chi connectivity index (χ3n) is 2.72. The Balaban J connectivity index is 1.70. The molecule has 0 aromatic heterocycles. The van der Waals surface area contributed by atoms with Crippen molar-refractivity contribution in [1.82, 2.24) is 5.32 Å². The van der Waals surface area contributed by atoms with Crippen molar-refractivity contribution in [2.45, 2.75) is 24.8 Å². The van der Waals surface area contributed by atoms with Gasteiger partial charge >= 0.3 is 0 Å². The van der Waals surface area contributed by atoms with Gasteiger partial charge in [0.1, 0.15) is 0 Å². The fraction of sp³-hybridized carbons (Fsp3) is 0.500. The minimum atomic E-state index is 0.320. The van der Waals surface area contributed by atoms with Crippen molar-refractivity contribution in [3.8, 4) is 0 Å². The Morgan fingerprint density at radius 3 is 2.60 bits per heavy atom. The third kappa shape index (κ3) is 3.78. The van der Waals surface area contributed by atoms with Gasteiger partial charge < -0.3 is 5.32 Å². The number of nitrogens with one attached hydrogen (secondary N) is 1. The van der Waals surface area contributed by atoms with Gasteiger partial charge in [-0.1, -0.05) is 28.1 Å². The number of rotatable bonds is 5. The number of benzene rings is 1. The summed E-state index contributed by atoms with van der Waals surface area (Å²) >= 11 is 9.62. The predicted octanol–water partition coefficient (Wildman–Crippen LogP) is 3.56. The summed E-state index contributed by atoms with van der Waals surface area (Å²) in [5.74, 6) is 0.768. The Morgan fingerprint density at radius 2 is 2.00 bits per heavy atom. The van der Waals surface area contributed by atoms with Crippen LogP contribution in [0.1, 0.15) is 18.4 Å². The maximum atomic E-state index is 6.20. The van der Waals surface area contributed by atoms with E-state index in [1.807, 2.05) is 0 Å². The maximum Gasteiger partial charge on any atom is 0.0488 e. The van der Waals surface area contributed by atoms with Crippen LogP contribution in [0.5, 0.6) is 0 Å². The molecule has 0 amide bonds. The molecule has 1 nitrogen and oxygen atoms in total. The van der Waals surface area contributed by atoms with Crippen molar-refractivity contribution < 1.29 is 0 Å². The first-order chi connectivity index (χ1) is 7.25. The fourth-order valence-electron chi connectivity index (χ4n) is 1.58. The van der Waals surface area contributed by atoms with Crippen LogP contribution in [-0.4, -0.2) is 11.9 Å². The highest BCUT2D eigenvalue weighted by Crippen LogP contribution is 2.35. The largest absolute Gasteiger partial charge is 0.311 e. The van der Waals surface area contributed by atoms with Crippen LogP contribution in [0.25, 0.3) is 0 Å². The average molecular weight is 289 g/mol. The molecule has 1 saturated carbocycles. The predicted molar refractivity (Wildman–Crippen MR) is 68.2 cm³/mol. The van der Waals surface area contributed by atoms with Gasteiger partial charge in [-0.2, -0.15) is 0 Å². The quantitative estimate of drug-likeness (QED) is 0.817. The lowest BCUT2D eigenvalue weighted by molar-refractivity contribution is 0.620. The molecule has 1 aliphatic rings. The minimum absolute atomic E-state index is 0.320. The number of alkyl halides is 1. The summed E-state index contributed by atoms with van der Waals surface area (Å²) in [5, 5.41) is 3.71. The lowest BCUT2D eigenvalue weighted by atomic mass is 10.2. The zero-order valence-corrected chi connectivity index (χ0v) is 10.9. The molecule has 0 spiro atoms. The summed E-state index contributed by atoms with van der Waals surface area (Å²) in [7, 11) is 0. The van der Waals surface area contributed by atoms with Gasteiger partial charge in [-0.25, -0.2) is 0 Å². The summed E-state index contributed by atoms with van der Waals surface area (Å²) in [6, 6.07) is 8.38. The smallest absolute Gasteiger partial charge is 0.0488 e. The lowest BCUT2D eigenvalue weighted by Gasteiger charge is -2.09. The normalized spacial score (nSPS) is 17.7. The molecule has 1 N–H and O–H groups in total. The Bertz CT molecular complexity index is 308. The zero-order chi connectivity index (χ0) is 10.7. The zero-order valence-electron chi connectivity index (χ0n) is 8.55. The van der Waals surface area contributed by atoms with E-state index in [9.17, 15) is 0 Å². The van der Waals surface area contributed by atoms with Crippen molar-refractivity contribution in [3.63, 3.8) is 0 Å². The van der Waals surface area contributed by atoms with Crippen molar-refractivity contribution >= 4 is 27.5 Å². The second-order valence-electron chi connectivity index (χ2n) is 4.11. The van der Waals surface area contributed by atoms with Crippen molar-refractivity contribution in [3.05, 3.63) is 34.3 Å². The van der Waals surface area contributed by atoms with Gasteiger partial charge in [-0.15, -0.1) is 11.6 Å². The van der Waals surface area contributed by atoms with Crippen molar-refractivity contribution in [2.75, 3.05) is 6.54 Å². The van der Waals surface area contributed by atoms with E-state index in [0.29, 0.717) is 5.38 Å². The Hall–Kier alpha value is -0.0500. The molecule has 3 heteroatoms. The molecule has 0 heterocycles. The summed E-state index contributed by atoms with van der Waals surface area (Å²) in [6.45, 7) is 1.82. The molecule has 15 heavy (non-hydrogen) atoms. The topological polar surface area (TPSA) is 12.0 Å². The van der Waals surface area contributed by atoms with Gasteiger partial charge in [0.15, 0.2) is 0 Å².